The normalized spacial score (nSPS) is 18.8. The third-order valence-electron chi connectivity index (χ3n) is 7.88. The molecule has 0 spiro atoms. The van der Waals surface area contributed by atoms with E-state index in [-0.39, 0.29) is 54.4 Å². The fourth-order valence-electron chi connectivity index (χ4n) is 5.27. The van der Waals surface area contributed by atoms with Crippen LogP contribution in [0.1, 0.15) is 62.7 Å². The van der Waals surface area contributed by atoms with E-state index in [0.29, 0.717) is 16.8 Å². The van der Waals surface area contributed by atoms with Gasteiger partial charge in [0.25, 0.3) is 5.91 Å². The zero-order valence-electron chi connectivity index (χ0n) is 24.0. The van der Waals surface area contributed by atoms with E-state index in [1.807, 2.05) is 12.1 Å². The van der Waals surface area contributed by atoms with E-state index in [2.05, 4.69) is 44.3 Å². The molecule has 43 heavy (non-hydrogen) atoms. The average molecular weight is 638 g/mol. The van der Waals surface area contributed by atoms with Gasteiger partial charge in [0.05, 0.1) is 17.6 Å². The smallest absolute Gasteiger partial charge is 0.394 e. The summed E-state index contributed by atoms with van der Waals surface area (Å²) in [7, 11) is 0. The summed E-state index contributed by atoms with van der Waals surface area (Å²) < 4.78 is 48.9. The number of nitrogens with one attached hydrogen (secondary N) is 3. The van der Waals surface area contributed by atoms with Crippen molar-refractivity contribution in [3.05, 3.63) is 53.3 Å². The standard InChI is InChI=1S/C29H35ClF3N7O2S/c1-27(2)17-19(18-35-27)9-14-34-21-5-3-6-24(36-21)43-39-26(41)20-7-8-22(37-25(20)30)40-15-10-23(38-40)42-16-4-11-28(12-13-28)29(31,32)33/h3,5-8,10,15,19,35H,4,9,11-14,16-18H2,1-2H3,(H,34,36)(H,39,41). The molecule has 9 nitrogen and oxygen atoms in total. The molecule has 1 aliphatic heterocycles. The highest BCUT2D eigenvalue weighted by Crippen LogP contribution is 2.60. The number of carbonyl (C=O) groups is 1. The minimum Gasteiger partial charge on any atom is -0.477 e. The predicted molar refractivity (Wildman–Crippen MR) is 160 cm³/mol. The Morgan fingerprint density at radius 3 is 2.72 bits per heavy atom. The molecular weight excluding hydrogens is 603 g/mol. The Bertz CT molecular complexity index is 1430. The molecule has 0 bridgehead atoms. The van der Waals surface area contributed by atoms with Crippen LogP contribution in [0.4, 0.5) is 19.0 Å². The molecule has 3 aromatic rings. The average Bonchev–Trinajstić information content (AvgIpc) is 3.48. The number of anilines is 1. The van der Waals surface area contributed by atoms with Crippen LogP contribution in [0.3, 0.4) is 0 Å². The minimum absolute atomic E-state index is 0.0107. The highest BCUT2D eigenvalue weighted by Gasteiger charge is 2.62. The lowest BCUT2D eigenvalue weighted by Crippen LogP contribution is -2.31. The van der Waals surface area contributed by atoms with E-state index in [4.69, 9.17) is 16.3 Å². The van der Waals surface area contributed by atoms with E-state index < -0.39 is 17.5 Å². The Morgan fingerprint density at radius 2 is 2.02 bits per heavy atom. The van der Waals surface area contributed by atoms with Gasteiger partial charge in [-0.1, -0.05) is 17.7 Å². The summed E-state index contributed by atoms with van der Waals surface area (Å²) >= 11 is 7.41. The van der Waals surface area contributed by atoms with Crippen LogP contribution in [0.2, 0.25) is 5.15 Å². The number of ether oxygens (including phenoxy) is 1. The third-order valence-corrected chi connectivity index (χ3v) is 8.89. The summed E-state index contributed by atoms with van der Waals surface area (Å²) in [5, 5.41) is 11.8. The van der Waals surface area contributed by atoms with Gasteiger partial charge in [0.15, 0.2) is 5.82 Å². The topological polar surface area (TPSA) is 106 Å². The highest BCUT2D eigenvalue weighted by molar-refractivity contribution is 7.97. The number of carbonyl (C=O) groups excluding carboxylic acids is 1. The van der Waals surface area contributed by atoms with Crippen LogP contribution in [0, 0.1) is 11.3 Å². The first-order valence-corrected chi connectivity index (χ1v) is 15.5. The number of alkyl halides is 3. The van der Waals surface area contributed by atoms with Crippen LogP contribution in [0.25, 0.3) is 5.82 Å². The summed E-state index contributed by atoms with van der Waals surface area (Å²) in [6, 6.07) is 10.3. The number of halogens is 4. The van der Waals surface area contributed by atoms with Crippen molar-refractivity contribution >= 4 is 35.3 Å². The molecule has 14 heteroatoms. The van der Waals surface area contributed by atoms with E-state index in [0.717, 1.165) is 43.7 Å². The first kappa shape index (κ1) is 31.4. The summed E-state index contributed by atoms with van der Waals surface area (Å²) in [4.78, 5) is 21.6. The Balaban J connectivity index is 1.08. The van der Waals surface area contributed by atoms with Gasteiger partial charge in [-0.3, -0.25) is 9.52 Å². The third kappa shape index (κ3) is 8.12. The SMILES string of the molecule is CC1(C)CC(CCNc2cccc(SNC(=O)c3ccc(-n4ccc(OCCCC5(C(F)(F)F)CC5)n4)nc3Cl)n2)CN1. The van der Waals surface area contributed by atoms with Gasteiger partial charge in [0.2, 0.25) is 5.88 Å². The van der Waals surface area contributed by atoms with Gasteiger partial charge in [-0.15, -0.1) is 5.10 Å². The van der Waals surface area contributed by atoms with Crippen molar-refractivity contribution in [2.75, 3.05) is 25.0 Å². The molecule has 3 aromatic heterocycles. The fraction of sp³-hybridized carbons (Fsp3) is 0.517. The van der Waals surface area contributed by atoms with E-state index >= 15 is 0 Å². The van der Waals surface area contributed by atoms with Crippen molar-refractivity contribution in [3.8, 4) is 11.7 Å². The molecule has 3 N–H and O–H groups in total. The second-order valence-electron chi connectivity index (χ2n) is 11.8. The lowest BCUT2D eigenvalue weighted by Gasteiger charge is -2.18. The van der Waals surface area contributed by atoms with Gasteiger partial charge in [-0.25, -0.2) is 14.6 Å². The molecule has 2 aliphatic rings. The minimum atomic E-state index is -4.16. The van der Waals surface area contributed by atoms with Crippen LogP contribution < -0.4 is 20.1 Å². The molecule has 1 unspecified atom stereocenters. The van der Waals surface area contributed by atoms with Crippen molar-refractivity contribution in [2.24, 2.45) is 11.3 Å². The van der Waals surface area contributed by atoms with Crippen LogP contribution in [0.5, 0.6) is 5.88 Å². The lowest BCUT2D eigenvalue weighted by molar-refractivity contribution is -0.189. The van der Waals surface area contributed by atoms with Gasteiger partial charge < -0.3 is 15.4 Å². The molecule has 5 rings (SSSR count). The van der Waals surface area contributed by atoms with Gasteiger partial charge >= 0.3 is 6.18 Å². The number of rotatable bonds is 13. The molecule has 1 amide bonds. The number of aromatic nitrogens is 4. The molecule has 1 saturated carbocycles. The largest absolute Gasteiger partial charge is 0.477 e. The zero-order valence-corrected chi connectivity index (χ0v) is 25.6. The Hall–Kier alpha value is -3.03. The van der Waals surface area contributed by atoms with Gasteiger partial charge in [-0.05, 0) is 89.1 Å². The van der Waals surface area contributed by atoms with Gasteiger partial charge in [0, 0.05) is 36.3 Å². The maximum Gasteiger partial charge on any atom is 0.394 e. The van der Waals surface area contributed by atoms with Crippen molar-refractivity contribution in [2.45, 2.75) is 69.1 Å². The number of hydrogen-bond donors (Lipinski definition) is 3. The number of pyridine rings is 2. The molecule has 1 atom stereocenters. The second kappa shape index (κ2) is 12.9. The lowest BCUT2D eigenvalue weighted by atomic mass is 9.95. The van der Waals surface area contributed by atoms with E-state index in [1.54, 1.807) is 30.5 Å². The summed E-state index contributed by atoms with van der Waals surface area (Å²) in [6.45, 7) is 6.42. The molecule has 4 heterocycles. The predicted octanol–water partition coefficient (Wildman–Crippen LogP) is 6.44. The zero-order chi connectivity index (χ0) is 30.7. The number of amides is 1. The Labute approximate surface area is 257 Å². The van der Waals surface area contributed by atoms with E-state index in [1.165, 1.54) is 4.68 Å². The van der Waals surface area contributed by atoms with Crippen LogP contribution in [-0.2, 0) is 0 Å². The van der Waals surface area contributed by atoms with Crippen molar-refractivity contribution in [1.29, 1.82) is 0 Å². The molecule has 0 aromatic carbocycles. The fourth-order valence-corrected chi connectivity index (χ4v) is 6.10. The maximum absolute atomic E-state index is 13.1. The maximum atomic E-state index is 13.1. The van der Waals surface area contributed by atoms with Crippen LogP contribution in [-0.4, -0.2) is 57.1 Å². The van der Waals surface area contributed by atoms with Crippen LogP contribution in [0.15, 0.2) is 47.6 Å². The highest BCUT2D eigenvalue weighted by atomic mass is 35.5. The van der Waals surface area contributed by atoms with Gasteiger partial charge in [-0.2, -0.15) is 13.2 Å². The number of hydrogen-bond acceptors (Lipinski definition) is 8. The molecule has 1 aliphatic carbocycles. The van der Waals surface area contributed by atoms with Gasteiger partial charge in [0.1, 0.15) is 16.0 Å². The second-order valence-corrected chi connectivity index (χ2v) is 13.0. The first-order valence-electron chi connectivity index (χ1n) is 14.3. The quantitative estimate of drug-likeness (QED) is 0.112. The Kier molecular flexibility index (Phi) is 9.43. The van der Waals surface area contributed by atoms with Crippen molar-refractivity contribution in [1.82, 2.24) is 29.8 Å². The molecule has 1 saturated heterocycles. The molecule has 232 valence electrons. The molecule has 0 radical (unpaired) electrons. The van der Waals surface area contributed by atoms with Crippen molar-refractivity contribution in [3.63, 3.8) is 0 Å². The summed E-state index contributed by atoms with van der Waals surface area (Å²) in [6.07, 6.45) is 0.332. The first-order chi connectivity index (χ1) is 20.4. The molecular formula is C29H35ClF3N7O2S. The monoisotopic (exact) mass is 637 g/mol. The molecule has 2 fully saturated rings. The van der Waals surface area contributed by atoms with E-state index in [9.17, 15) is 18.0 Å². The summed E-state index contributed by atoms with van der Waals surface area (Å²) in [5.41, 5.74) is -1.16. The number of nitrogens with zero attached hydrogens (tertiary/aromatic N) is 4. The van der Waals surface area contributed by atoms with Crippen molar-refractivity contribution < 1.29 is 22.7 Å². The van der Waals surface area contributed by atoms with Crippen LogP contribution >= 0.6 is 23.5 Å². The Morgan fingerprint density at radius 1 is 1.21 bits per heavy atom. The summed E-state index contributed by atoms with van der Waals surface area (Å²) in [5.74, 6) is 1.56.